The first-order chi connectivity index (χ1) is 16.3. The van der Waals surface area contributed by atoms with Gasteiger partial charge in [0, 0.05) is 24.0 Å². The number of benzene rings is 1. The number of aliphatic carboxylic acids is 1. The number of hydrogen-bond acceptors (Lipinski definition) is 7. The van der Waals surface area contributed by atoms with E-state index in [1.807, 2.05) is 0 Å². The third kappa shape index (κ3) is 5.01. The summed E-state index contributed by atoms with van der Waals surface area (Å²) in [7, 11) is 0. The van der Waals surface area contributed by atoms with Crippen molar-refractivity contribution in [2.24, 2.45) is 0 Å². The number of halogens is 6. The fourth-order valence-electron chi connectivity index (χ4n) is 2.84. The first-order valence-electron chi connectivity index (χ1n) is 9.44. The molecule has 4 aromatic rings. The number of imidazole rings is 1. The number of alkyl halides is 3. The highest BCUT2D eigenvalue weighted by molar-refractivity contribution is 6.36. The molecule has 0 aliphatic heterocycles. The molecule has 0 aliphatic rings. The summed E-state index contributed by atoms with van der Waals surface area (Å²) < 4.78 is 50.7. The van der Waals surface area contributed by atoms with Crippen LogP contribution in [0, 0.1) is 0 Å². The highest BCUT2D eigenvalue weighted by Crippen LogP contribution is 2.37. The molecule has 0 saturated carbocycles. The normalized spacial score (nSPS) is 13.7. The molecular weight excluding hydrogens is 540 g/mol. The number of fused-ring (bicyclic) bond motifs is 1. The van der Waals surface area contributed by atoms with Gasteiger partial charge in [0.05, 0.1) is 20.6 Å². The van der Waals surface area contributed by atoms with Crippen LogP contribution in [0.2, 0.25) is 15.1 Å². The summed E-state index contributed by atoms with van der Waals surface area (Å²) >= 11 is 18.4. The minimum atomic E-state index is -4.60. The van der Waals surface area contributed by atoms with E-state index in [0.29, 0.717) is 0 Å². The van der Waals surface area contributed by atoms with Crippen molar-refractivity contribution < 1.29 is 37.4 Å². The Balaban J connectivity index is 1.63. The van der Waals surface area contributed by atoms with E-state index < -0.39 is 29.9 Å². The first kappa shape index (κ1) is 25.0. The van der Waals surface area contributed by atoms with Crippen LogP contribution in [0.25, 0.3) is 28.6 Å². The van der Waals surface area contributed by atoms with Crippen molar-refractivity contribution in [1.82, 2.24) is 19.5 Å². The van der Waals surface area contributed by atoms with Crippen LogP contribution >= 0.6 is 34.8 Å². The lowest BCUT2D eigenvalue weighted by Crippen LogP contribution is -2.41. The van der Waals surface area contributed by atoms with E-state index in [0.717, 1.165) is 23.6 Å². The number of carbonyl (C=O) groups is 1. The molecule has 3 heterocycles. The molecule has 184 valence electrons. The molecule has 1 aromatic carbocycles. The van der Waals surface area contributed by atoms with Crippen molar-refractivity contribution >= 4 is 46.4 Å². The Bertz CT molecular complexity index is 1450. The lowest BCUT2D eigenvalue weighted by Gasteiger charge is -2.19. The molecule has 4 rings (SSSR count). The third-order valence-electron chi connectivity index (χ3n) is 4.71. The summed E-state index contributed by atoms with van der Waals surface area (Å²) in [6.45, 7) is 0.451. The first-order valence-corrected chi connectivity index (χ1v) is 10.6. The standard InChI is InChI=1S/C20H12Cl3F3N4O5/c1-19(33,18(31)32)7-34-14-4-10(21)9(3-11(14)22)15-28-17(35-29-15)13-6-30-5-8(20(24,25)26)2-12(23)16(30)27-13/h2-6,33H,7H2,1H3,(H,31,32). The summed E-state index contributed by atoms with van der Waals surface area (Å²) in [5.41, 5.74) is -2.80. The van der Waals surface area contributed by atoms with Crippen molar-refractivity contribution in [3.8, 4) is 28.7 Å². The highest BCUT2D eigenvalue weighted by atomic mass is 35.5. The van der Waals surface area contributed by atoms with Gasteiger partial charge < -0.3 is 23.9 Å². The second-order valence-corrected chi connectivity index (χ2v) is 8.71. The molecule has 2 N–H and O–H groups in total. The van der Waals surface area contributed by atoms with E-state index in [1.54, 1.807) is 0 Å². The molecule has 0 spiro atoms. The Labute approximate surface area is 208 Å². The summed E-state index contributed by atoms with van der Waals surface area (Å²) in [5.74, 6) is -1.63. The van der Waals surface area contributed by atoms with Gasteiger partial charge in [-0.2, -0.15) is 18.2 Å². The van der Waals surface area contributed by atoms with Crippen molar-refractivity contribution in [2.45, 2.75) is 18.7 Å². The van der Waals surface area contributed by atoms with Gasteiger partial charge >= 0.3 is 12.1 Å². The molecule has 0 fully saturated rings. The van der Waals surface area contributed by atoms with E-state index in [1.165, 1.54) is 18.3 Å². The van der Waals surface area contributed by atoms with Gasteiger partial charge in [-0.3, -0.25) is 0 Å². The average Bonchev–Trinajstić information content (AvgIpc) is 3.40. The van der Waals surface area contributed by atoms with E-state index in [4.69, 9.17) is 49.2 Å². The van der Waals surface area contributed by atoms with Gasteiger partial charge in [-0.1, -0.05) is 40.0 Å². The number of ether oxygens (including phenoxy) is 1. The van der Waals surface area contributed by atoms with Gasteiger partial charge in [0.15, 0.2) is 11.2 Å². The van der Waals surface area contributed by atoms with E-state index >= 15 is 0 Å². The number of rotatable bonds is 6. The number of carboxylic acid groups (broad SMARTS) is 1. The van der Waals surface area contributed by atoms with Crippen LogP contribution in [0.3, 0.4) is 0 Å². The Morgan fingerprint density at radius 2 is 1.83 bits per heavy atom. The van der Waals surface area contributed by atoms with Crippen LogP contribution in [0.1, 0.15) is 12.5 Å². The Morgan fingerprint density at radius 1 is 1.11 bits per heavy atom. The molecule has 1 unspecified atom stereocenters. The molecule has 1 atom stereocenters. The van der Waals surface area contributed by atoms with Crippen molar-refractivity contribution in [3.05, 3.63) is 51.2 Å². The Morgan fingerprint density at radius 3 is 2.49 bits per heavy atom. The van der Waals surface area contributed by atoms with Crippen molar-refractivity contribution in [2.75, 3.05) is 6.61 Å². The molecule has 35 heavy (non-hydrogen) atoms. The zero-order chi connectivity index (χ0) is 25.7. The highest BCUT2D eigenvalue weighted by Gasteiger charge is 2.33. The number of aliphatic hydroxyl groups is 1. The van der Waals surface area contributed by atoms with Crippen LogP contribution in [0.5, 0.6) is 5.75 Å². The quantitative estimate of drug-likeness (QED) is 0.333. The second kappa shape index (κ2) is 8.86. The predicted octanol–water partition coefficient (Wildman–Crippen LogP) is 5.24. The van der Waals surface area contributed by atoms with E-state index in [2.05, 4.69) is 15.1 Å². The van der Waals surface area contributed by atoms with Crippen LogP contribution in [0.15, 0.2) is 35.1 Å². The second-order valence-electron chi connectivity index (χ2n) is 7.48. The summed E-state index contributed by atoms with van der Waals surface area (Å²) in [6.07, 6.45) is -2.53. The summed E-state index contributed by atoms with van der Waals surface area (Å²) in [4.78, 5) is 19.3. The Kier molecular flexibility index (Phi) is 6.34. The van der Waals surface area contributed by atoms with Gasteiger partial charge in [0.1, 0.15) is 18.1 Å². The largest absolute Gasteiger partial charge is 0.488 e. The zero-order valence-electron chi connectivity index (χ0n) is 17.3. The van der Waals surface area contributed by atoms with Gasteiger partial charge in [-0.05, 0) is 19.1 Å². The maximum atomic E-state index is 13.1. The van der Waals surface area contributed by atoms with Crippen molar-refractivity contribution in [3.63, 3.8) is 0 Å². The molecule has 0 bridgehead atoms. The number of pyridine rings is 1. The number of carboxylic acids is 1. The number of nitrogens with zero attached hydrogens (tertiary/aromatic N) is 4. The maximum Gasteiger partial charge on any atom is 0.417 e. The molecule has 3 aromatic heterocycles. The van der Waals surface area contributed by atoms with Crippen LogP contribution in [-0.2, 0) is 11.0 Å². The molecule has 0 radical (unpaired) electrons. The van der Waals surface area contributed by atoms with Crippen molar-refractivity contribution in [1.29, 1.82) is 0 Å². The Hall–Kier alpha value is -3.06. The van der Waals surface area contributed by atoms with E-state index in [9.17, 15) is 23.1 Å². The van der Waals surface area contributed by atoms with E-state index in [-0.39, 0.29) is 49.4 Å². The van der Waals surface area contributed by atoms with Crippen LogP contribution in [0.4, 0.5) is 13.2 Å². The van der Waals surface area contributed by atoms with Gasteiger partial charge in [0.25, 0.3) is 5.89 Å². The SMILES string of the molecule is CC(O)(COc1cc(Cl)c(-c2noc(-c3cn4cc(C(F)(F)F)cc(Cl)c4n3)n2)cc1Cl)C(=O)O. The minimum absolute atomic E-state index is 0.00104. The predicted molar refractivity (Wildman–Crippen MR) is 118 cm³/mol. The number of hydrogen-bond donors (Lipinski definition) is 2. The summed E-state index contributed by atoms with van der Waals surface area (Å²) in [5, 5.41) is 22.4. The smallest absolute Gasteiger partial charge is 0.417 e. The number of aromatic nitrogens is 4. The average molecular weight is 552 g/mol. The monoisotopic (exact) mass is 550 g/mol. The molecule has 9 nitrogen and oxygen atoms in total. The topological polar surface area (TPSA) is 123 Å². The lowest BCUT2D eigenvalue weighted by atomic mass is 10.1. The molecule has 0 saturated heterocycles. The molecular formula is C20H12Cl3F3N4O5. The van der Waals surface area contributed by atoms with Gasteiger partial charge in [0.2, 0.25) is 5.82 Å². The lowest BCUT2D eigenvalue weighted by molar-refractivity contribution is -0.159. The third-order valence-corrected chi connectivity index (χ3v) is 5.60. The molecule has 0 aliphatic carbocycles. The fourth-order valence-corrected chi connectivity index (χ4v) is 3.56. The molecule has 0 amide bonds. The fraction of sp³-hybridized carbons (Fsp3) is 0.200. The van der Waals surface area contributed by atoms with Gasteiger partial charge in [-0.15, -0.1) is 0 Å². The summed E-state index contributed by atoms with van der Waals surface area (Å²) in [6, 6.07) is 3.37. The van der Waals surface area contributed by atoms with Crippen LogP contribution < -0.4 is 4.74 Å². The minimum Gasteiger partial charge on any atom is -0.488 e. The van der Waals surface area contributed by atoms with Gasteiger partial charge in [-0.25, -0.2) is 9.78 Å². The van der Waals surface area contributed by atoms with Crippen LogP contribution in [-0.4, -0.2) is 47.9 Å². The zero-order valence-corrected chi connectivity index (χ0v) is 19.5. The maximum absolute atomic E-state index is 13.1. The molecule has 15 heteroatoms.